The second-order valence-electron chi connectivity index (χ2n) is 6.01. The van der Waals surface area contributed by atoms with E-state index in [1.165, 1.54) is 37.1 Å². The molecular weight excluding hydrogens is 236 g/mol. The summed E-state index contributed by atoms with van der Waals surface area (Å²) in [5.74, 6) is 1.64. The summed E-state index contributed by atoms with van der Waals surface area (Å²) in [7, 11) is 6.21. The molecule has 1 saturated heterocycles. The van der Waals surface area contributed by atoms with Gasteiger partial charge in [-0.1, -0.05) is 0 Å². The third-order valence-corrected chi connectivity index (χ3v) is 4.81. The van der Waals surface area contributed by atoms with Crippen LogP contribution in [0.3, 0.4) is 0 Å². The smallest absolute Gasteiger partial charge is 0.119 e. The van der Waals surface area contributed by atoms with Crippen molar-refractivity contribution in [1.82, 2.24) is 4.90 Å². The highest BCUT2D eigenvalue weighted by atomic mass is 16.5. The van der Waals surface area contributed by atoms with Crippen LogP contribution in [0.15, 0.2) is 18.2 Å². The Morgan fingerprint density at radius 3 is 2.84 bits per heavy atom. The topological polar surface area (TPSA) is 15.7 Å². The van der Waals surface area contributed by atoms with Crippen LogP contribution in [0, 0.1) is 0 Å². The minimum Gasteiger partial charge on any atom is -0.497 e. The number of benzene rings is 1. The Balaban J connectivity index is 1.81. The number of methoxy groups -OCH3 is 1. The van der Waals surface area contributed by atoms with Crippen molar-refractivity contribution in [2.45, 2.75) is 31.2 Å². The number of likely N-dealkylation sites (N-methyl/N-ethyl adjacent to an activating group) is 1. The lowest BCUT2D eigenvalue weighted by Gasteiger charge is -2.23. The summed E-state index contributed by atoms with van der Waals surface area (Å²) in [6.45, 7) is 2.41. The van der Waals surface area contributed by atoms with Crippen molar-refractivity contribution in [3.05, 3.63) is 23.8 Å². The van der Waals surface area contributed by atoms with Gasteiger partial charge in [0.25, 0.3) is 0 Å². The first kappa shape index (κ1) is 12.8. The number of rotatable bonds is 3. The van der Waals surface area contributed by atoms with Crippen LogP contribution < -0.4 is 9.64 Å². The molecule has 0 aliphatic carbocycles. The monoisotopic (exact) mass is 260 g/mol. The zero-order valence-electron chi connectivity index (χ0n) is 12.2. The van der Waals surface area contributed by atoms with E-state index >= 15 is 0 Å². The number of likely N-dealkylation sites (tertiary alicyclic amines) is 1. The standard InChI is InChI=1S/C16H24N2O/c1-17-8-4-5-13(17)9-12-11-18(2)16-7-6-14(19-3)10-15(12)16/h6-7,10,12-13H,4-5,8-9,11H2,1-3H3/t12?,13-/m1/s1. The molecule has 0 bridgehead atoms. The van der Waals surface area contributed by atoms with Gasteiger partial charge in [0, 0.05) is 31.2 Å². The van der Waals surface area contributed by atoms with Crippen LogP contribution in [0.5, 0.6) is 5.75 Å². The Kier molecular flexibility index (Phi) is 3.40. The van der Waals surface area contributed by atoms with Crippen LogP contribution in [0.1, 0.15) is 30.7 Å². The Hall–Kier alpha value is -1.22. The van der Waals surface area contributed by atoms with Crippen molar-refractivity contribution in [3.8, 4) is 5.75 Å². The molecule has 2 aliphatic rings. The predicted molar refractivity (Wildman–Crippen MR) is 79.3 cm³/mol. The fourth-order valence-corrected chi connectivity index (χ4v) is 3.67. The van der Waals surface area contributed by atoms with Gasteiger partial charge in [0.1, 0.15) is 5.75 Å². The summed E-state index contributed by atoms with van der Waals surface area (Å²) in [5.41, 5.74) is 2.86. The normalized spacial score (nSPS) is 26.8. The molecule has 2 heterocycles. The Morgan fingerprint density at radius 1 is 1.32 bits per heavy atom. The highest BCUT2D eigenvalue weighted by Gasteiger charge is 2.31. The van der Waals surface area contributed by atoms with Gasteiger partial charge in [-0.25, -0.2) is 0 Å². The molecule has 2 aliphatic heterocycles. The average Bonchev–Trinajstić information content (AvgIpc) is 2.95. The molecule has 0 N–H and O–H groups in total. The van der Waals surface area contributed by atoms with Gasteiger partial charge in [-0.2, -0.15) is 0 Å². The van der Waals surface area contributed by atoms with Crippen LogP contribution in [0.4, 0.5) is 5.69 Å². The third-order valence-electron chi connectivity index (χ3n) is 4.81. The van der Waals surface area contributed by atoms with E-state index in [0.29, 0.717) is 5.92 Å². The van der Waals surface area contributed by atoms with Crippen LogP contribution in [0.2, 0.25) is 0 Å². The molecule has 0 radical (unpaired) electrons. The molecule has 0 spiro atoms. The van der Waals surface area contributed by atoms with Crippen LogP contribution >= 0.6 is 0 Å². The predicted octanol–water partition coefficient (Wildman–Crippen LogP) is 2.71. The van der Waals surface area contributed by atoms with Crippen molar-refractivity contribution in [2.24, 2.45) is 0 Å². The number of nitrogens with zero attached hydrogens (tertiary/aromatic N) is 2. The van der Waals surface area contributed by atoms with Gasteiger partial charge in [-0.3, -0.25) is 0 Å². The Bertz CT molecular complexity index is 460. The Morgan fingerprint density at radius 2 is 2.16 bits per heavy atom. The van der Waals surface area contributed by atoms with Gasteiger partial charge in [0.05, 0.1) is 7.11 Å². The molecule has 3 heteroatoms. The van der Waals surface area contributed by atoms with Gasteiger partial charge < -0.3 is 14.5 Å². The first-order valence-corrected chi connectivity index (χ1v) is 7.28. The zero-order chi connectivity index (χ0) is 13.4. The largest absolute Gasteiger partial charge is 0.497 e. The number of fused-ring (bicyclic) bond motifs is 1. The highest BCUT2D eigenvalue weighted by Crippen LogP contribution is 2.41. The minimum atomic E-state index is 0.653. The second kappa shape index (κ2) is 5.04. The summed E-state index contributed by atoms with van der Waals surface area (Å²) < 4.78 is 5.39. The molecule has 0 amide bonds. The van der Waals surface area contributed by atoms with E-state index < -0.39 is 0 Å². The van der Waals surface area contributed by atoms with Crippen LogP contribution in [-0.2, 0) is 0 Å². The number of ether oxygens (including phenoxy) is 1. The van der Waals surface area contributed by atoms with E-state index in [4.69, 9.17) is 4.74 Å². The molecule has 1 aromatic carbocycles. The Labute approximate surface area is 116 Å². The molecule has 1 unspecified atom stereocenters. The molecule has 3 nitrogen and oxygen atoms in total. The summed E-state index contributed by atoms with van der Waals surface area (Å²) in [4.78, 5) is 4.91. The SMILES string of the molecule is COc1ccc2c(c1)C(C[C@H]1CCCN1C)CN2C. The van der Waals surface area contributed by atoms with Gasteiger partial charge in [0.2, 0.25) is 0 Å². The van der Waals surface area contributed by atoms with Crippen LogP contribution in [0.25, 0.3) is 0 Å². The van der Waals surface area contributed by atoms with Gasteiger partial charge >= 0.3 is 0 Å². The maximum atomic E-state index is 5.39. The fourth-order valence-electron chi connectivity index (χ4n) is 3.67. The maximum absolute atomic E-state index is 5.39. The van der Waals surface area contributed by atoms with E-state index in [-0.39, 0.29) is 0 Å². The first-order chi connectivity index (χ1) is 9.19. The molecule has 0 saturated carbocycles. The summed E-state index contributed by atoms with van der Waals surface area (Å²) in [5, 5.41) is 0. The fraction of sp³-hybridized carbons (Fsp3) is 0.625. The quantitative estimate of drug-likeness (QED) is 0.831. The number of anilines is 1. The van der Waals surface area contributed by atoms with Gasteiger partial charge in [-0.15, -0.1) is 0 Å². The lowest BCUT2D eigenvalue weighted by atomic mass is 9.93. The zero-order valence-corrected chi connectivity index (χ0v) is 12.2. The molecule has 19 heavy (non-hydrogen) atoms. The molecule has 2 atom stereocenters. The number of hydrogen-bond donors (Lipinski definition) is 0. The lowest BCUT2D eigenvalue weighted by molar-refractivity contribution is 0.284. The summed E-state index contributed by atoms with van der Waals surface area (Å²) in [6.07, 6.45) is 3.99. The third kappa shape index (κ3) is 2.32. The minimum absolute atomic E-state index is 0.653. The van der Waals surface area contributed by atoms with E-state index in [1.54, 1.807) is 7.11 Å². The van der Waals surface area contributed by atoms with Crippen molar-refractivity contribution in [2.75, 3.05) is 39.2 Å². The molecule has 1 fully saturated rings. The second-order valence-corrected chi connectivity index (χ2v) is 6.01. The first-order valence-electron chi connectivity index (χ1n) is 7.28. The van der Waals surface area contributed by atoms with E-state index in [1.807, 2.05) is 0 Å². The molecule has 3 rings (SSSR count). The van der Waals surface area contributed by atoms with E-state index in [2.05, 4.69) is 42.1 Å². The van der Waals surface area contributed by atoms with Crippen molar-refractivity contribution in [1.29, 1.82) is 0 Å². The van der Waals surface area contributed by atoms with Gasteiger partial charge in [0.15, 0.2) is 0 Å². The summed E-state index contributed by atoms with van der Waals surface area (Å²) >= 11 is 0. The average molecular weight is 260 g/mol. The molecular formula is C16H24N2O. The van der Waals surface area contributed by atoms with E-state index in [9.17, 15) is 0 Å². The van der Waals surface area contributed by atoms with Crippen molar-refractivity contribution in [3.63, 3.8) is 0 Å². The molecule has 104 valence electrons. The van der Waals surface area contributed by atoms with E-state index in [0.717, 1.165) is 18.3 Å². The molecule has 0 aromatic heterocycles. The molecule has 1 aromatic rings. The van der Waals surface area contributed by atoms with Crippen molar-refractivity contribution >= 4 is 5.69 Å². The maximum Gasteiger partial charge on any atom is 0.119 e. The highest BCUT2D eigenvalue weighted by molar-refractivity contribution is 5.61. The lowest BCUT2D eigenvalue weighted by Crippen LogP contribution is -2.28. The summed E-state index contributed by atoms with van der Waals surface area (Å²) in [6, 6.07) is 7.26. The van der Waals surface area contributed by atoms with Gasteiger partial charge in [-0.05, 0) is 56.6 Å². The van der Waals surface area contributed by atoms with Crippen LogP contribution in [-0.4, -0.2) is 45.2 Å². The van der Waals surface area contributed by atoms with Crippen molar-refractivity contribution < 1.29 is 4.74 Å². The number of hydrogen-bond acceptors (Lipinski definition) is 3.